The van der Waals surface area contributed by atoms with Crippen molar-refractivity contribution in [3.63, 3.8) is 0 Å². The summed E-state index contributed by atoms with van der Waals surface area (Å²) >= 11 is 0. The molecule has 6 heteroatoms. The van der Waals surface area contributed by atoms with E-state index in [0.717, 1.165) is 37.6 Å². The van der Waals surface area contributed by atoms with Crippen LogP contribution in [0.4, 0.5) is 11.4 Å². The zero-order valence-electron chi connectivity index (χ0n) is 23.6. The Balaban J connectivity index is 1.73. The third-order valence-electron chi connectivity index (χ3n) is 6.73. The Morgan fingerprint density at radius 2 is 0.850 bits per heavy atom. The minimum Gasteiger partial charge on any atom is -0.457 e. The summed E-state index contributed by atoms with van der Waals surface area (Å²) in [5.41, 5.74) is 2.19. The molecule has 0 bridgehead atoms. The smallest absolute Gasteiger partial charge is 0.233 e. The number of ether oxygens (including phenoxy) is 2. The number of nitrogens with zero attached hydrogens (tertiary/aromatic N) is 2. The maximum absolute atomic E-state index is 13.7. The lowest BCUT2D eigenvalue weighted by Gasteiger charge is -2.23. The average molecular weight is 537 g/mol. The Morgan fingerprint density at radius 3 is 1.18 bits per heavy atom. The van der Waals surface area contributed by atoms with Crippen LogP contribution in [-0.4, -0.2) is 37.7 Å². The average Bonchev–Trinajstić information content (AvgIpc) is 2.98. The first-order chi connectivity index (χ1) is 19.4. The molecule has 0 aliphatic rings. The van der Waals surface area contributed by atoms with E-state index in [4.69, 9.17) is 9.47 Å². The van der Waals surface area contributed by atoms with Gasteiger partial charge in [0.15, 0.2) is 0 Å². The summed E-state index contributed by atoms with van der Waals surface area (Å²) < 4.78 is 12.2. The van der Waals surface area contributed by atoms with Gasteiger partial charge < -0.3 is 19.3 Å². The fourth-order valence-corrected chi connectivity index (χ4v) is 4.60. The summed E-state index contributed by atoms with van der Waals surface area (Å²) in [7, 11) is 0. The van der Waals surface area contributed by atoms with E-state index in [2.05, 4.69) is 9.80 Å². The van der Waals surface area contributed by atoms with Crippen LogP contribution in [0.25, 0.3) is 0 Å². The molecule has 0 saturated heterocycles. The highest BCUT2D eigenvalue weighted by molar-refractivity contribution is 6.49. The number of para-hydroxylation sites is 2. The van der Waals surface area contributed by atoms with Crippen LogP contribution in [0, 0.1) is 0 Å². The highest BCUT2D eigenvalue weighted by Crippen LogP contribution is 2.31. The third-order valence-corrected chi connectivity index (χ3v) is 6.73. The van der Waals surface area contributed by atoms with Crippen molar-refractivity contribution in [2.45, 2.75) is 27.7 Å². The molecule has 0 aliphatic heterocycles. The Kier molecular flexibility index (Phi) is 9.57. The van der Waals surface area contributed by atoms with Gasteiger partial charge >= 0.3 is 0 Å². The lowest BCUT2D eigenvalue weighted by atomic mass is 9.99. The summed E-state index contributed by atoms with van der Waals surface area (Å²) in [6, 6.07) is 29.4. The summed E-state index contributed by atoms with van der Waals surface area (Å²) in [5, 5.41) is 0. The standard InChI is InChI=1S/C34H36N2O4/c1-5-35(6-2)27-19-25(21-31(23-27)39-29-15-11-9-12-16-29)33(37)34(38)26-20-28(36(7-3)8-4)24-32(22-26)40-30-17-13-10-14-18-30/h9-24H,5-8H2,1-4H3. The zero-order chi connectivity index (χ0) is 28.5. The summed E-state index contributed by atoms with van der Waals surface area (Å²) in [5.74, 6) is 1.09. The van der Waals surface area contributed by atoms with Crippen LogP contribution in [0.15, 0.2) is 97.1 Å². The lowest BCUT2D eigenvalue weighted by Crippen LogP contribution is -2.23. The van der Waals surface area contributed by atoms with Crippen molar-refractivity contribution >= 4 is 22.9 Å². The van der Waals surface area contributed by atoms with Crippen LogP contribution in [0.5, 0.6) is 23.0 Å². The lowest BCUT2D eigenvalue weighted by molar-refractivity contribution is 0.0816. The number of hydrogen-bond acceptors (Lipinski definition) is 6. The molecule has 0 aliphatic carbocycles. The maximum Gasteiger partial charge on any atom is 0.233 e. The first kappa shape index (κ1) is 28.4. The molecule has 6 nitrogen and oxygen atoms in total. The highest BCUT2D eigenvalue weighted by atomic mass is 16.5. The number of hydrogen-bond donors (Lipinski definition) is 0. The predicted octanol–water partition coefficient (Wildman–Crippen LogP) is 8.03. The van der Waals surface area contributed by atoms with Gasteiger partial charge in [-0.3, -0.25) is 9.59 Å². The summed E-state index contributed by atoms with van der Waals surface area (Å²) in [6.07, 6.45) is 0. The van der Waals surface area contributed by atoms with Crippen molar-refractivity contribution in [2.75, 3.05) is 36.0 Å². The molecule has 0 N–H and O–H groups in total. The predicted molar refractivity (Wildman–Crippen MR) is 162 cm³/mol. The van der Waals surface area contributed by atoms with Gasteiger partial charge in [0.05, 0.1) is 0 Å². The molecule has 0 unspecified atom stereocenters. The largest absolute Gasteiger partial charge is 0.457 e. The van der Waals surface area contributed by atoms with Gasteiger partial charge in [0.1, 0.15) is 23.0 Å². The highest BCUT2D eigenvalue weighted by Gasteiger charge is 2.23. The van der Waals surface area contributed by atoms with Crippen molar-refractivity contribution < 1.29 is 19.1 Å². The molecule has 0 heterocycles. The van der Waals surface area contributed by atoms with Crippen LogP contribution in [-0.2, 0) is 0 Å². The van der Waals surface area contributed by atoms with Crippen molar-refractivity contribution in [1.82, 2.24) is 0 Å². The monoisotopic (exact) mass is 536 g/mol. The summed E-state index contributed by atoms with van der Waals surface area (Å²) in [6.45, 7) is 11.2. The normalized spacial score (nSPS) is 10.6. The molecular formula is C34H36N2O4. The number of Topliss-reactive ketones (excluding diaryl/α,β-unsaturated/α-hetero) is 2. The number of rotatable bonds is 13. The third kappa shape index (κ3) is 6.89. The Labute approximate surface area is 236 Å². The maximum atomic E-state index is 13.7. The Bertz CT molecular complexity index is 1320. The fourth-order valence-electron chi connectivity index (χ4n) is 4.60. The first-order valence-corrected chi connectivity index (χ1v) is 13.8. The molecule has 0 amide bonds. The van der Waals surface area contributed by atoms with Crippen molar-refractivity contribution in [1.29, 1.82) is 0 Å². The molecule has 40 heavy (non-hydrogen) atoms. The minimum atomic E-state index is -0.603. The molecule has 206 valence electrons. The molecule has 0 radical (unpaired) electrons. The molecule has 0 atom stereocenters. The van der Waals surface area contributed by atoms with Gasteiger partial charge in [-0.15, -0.1) is 0 Å². The fraction of sp³-hybridized carbons (Fsp3) is 0.235. The SMILES string of the molecule is CCN(CC)c1cc(Oc2ccccc2)cc(C(=O)C(=O)c2cc(Oc3ccccc3)cc(N(CC)CC)c2)c1. The molecule has 0 aromatic heterocycles. The van der Waals surface area contributed by atoms with Crippen molar-refractivity contribution in [3.8, 4) is 23.0 Å². The quantitative estimate of drug-likeness (QED) is 0.127. The van der Waals surface area contributed by atoms with Gasteiger partial charge in [0.2, 0.25) is 11.6 Å². The molecule has 0 fully saturated rings. The van der Waals surface area contributed by atoms with E-state index in [0.29, 0.717) is 23.0 Å². The number of ketones is 2. The van der Waals surface area contributed by atoms with E-state index in [1.807, 2.05) is 100 Å². The van der Waals surface area contributed by atoms with E-state index in [1.54, 1.807) is 24.3 Å². The van der Waals surface area contributed by atoms with Gasteiger partial charge in [0.25, 0.3) is 0 Å². The van der Waals surface area contributed by atoms with Gasteiger partial charge in [-0.05, 0) is 76.2 Å². The van der Waals surface area contributed by atoms with Crippen LogP contribution < -0.4 is 19.3 Å². The van der Waals surface area contributed by atoms with E-state index < -0.39 is 11.6 Å². The molecule has 4 aromatic carbocycles. The second-order valence-electron chi connectivity index (χ2n) is 9.26. The van der Waals surface area contributed by atoms with Crippen molar-refractivity contribution in [2.24, 2.45) is 0 Å². The number of benzene rings is 4. The van der Waals surface area contributed by atoms with Gasteiger partial charge in [0, 0.05) is 60.8 Å². The molecule has 4 rings (SSSR count). The Hall–Kier alpha value is -4.58. The van der Waals surface area contributed by atoms with Crippen LogP contribution in [0.3, 0.4) is 0 Å². The first-order valence-electron chi connectivity index (χ1n) is 13.8. The van der Waals surface area contributed by atoms with E-state index in [9.17, 15) is 9.59 Å². The minimum absolute atomic E-state index is 0.277. The van der Waals surface area contributed by atoms with Gasteiger partial charge in [-0.1, -0.05) is 36.4 Å². The molecule has 0 spiro atoms. The number of carbonyl (C=O) groups is 2. The van der Waals surface area contributed by atoms with Crippen LogP contribution in [0.1, 0.15) is 48.4 Å². The van der Waals surface area contributed by atoms with Gasteiger partial charge in [-0.25, -0.2) is 0 Å². The Morgan fingerprint density at radius 1 is 0.500 bits per heavy atom. The topological polar surface area (TPSA) is 59.1 Å². The second-order valence-corrected chi connectivity index (χ2v) is 9.26. The molecule has 4 aromatic rings. The van der Waals surface area contributed by atoms with Crippen LogP contribution >= 0.6 is 0 Å². The van der Waals surface area contributed by atoms with E-state index >= 15 is 0 Å². The van der Waals surface area contributed by atoms with Crippen molar-refractivity contribution in [3.05, 3.63) is 108 Å². The molecule has 0 saturated carbocycles. The summed E-state index contributed by atoms with van der Waals surface area (Å²) in [4.78, 5) is 31.7. The van der Waals surface area contributed by atoms with E-state index in [1.165, 1.54) is 0 Å². The zero-order valence-corrected chi connectivity index (χ0v) is 23.6. The van der Waals surface area contributed by atoms with Crippen LogP contribution in [0.2, 0.25) is 0 Å². The number of anilines is 2. The molecular weight excluding hydrogens is 500 g/mol. The number of carbonyl (C=O) groups excluding carboxylic acids is 2. The van der Waals surface area contributed by atoms with E-state index in [-0.39, 0.29) is 11.1 Å². The van der Waals surface area contributed by atoms with Gasteiger partial charge in [-0.2, -0.15) is 0 Å². The second kappa shape index (κ2) is 13.5.